The number of hydrogen-bond donors (Lipinski definition) is 1. The van der Waals surface area contributed by atoms with E-state index >= 15 is 0 Å². The Morgan fingerprint density at radius 3 is 2.92 bits per heavy atom. The quantitative estimate of drug-likeness (QED) is 0.726. The van der Waals surface area contributed by atoms with Crippen LogP contribution in [0, 0.1) is 13.8 Å². The van der Waals surface area contributed by atoms with E-state index in [4.69, 9.17) is 9.15 Å². The highest BCUT2D eigenvalue weighted by Gasteiger charge is 2.18. The van der Waals surface area contributed by atoms with Crippen LogP contribution >= 0.6 is 24.2 Å². The first kappa shape index (κ1) is 20.6. The summed E-state index contributed by atoms with van der Waals surface area (Å²) >= 11 is 1.69. The fourth-order valence-electron chi connectivity index (χ4n) is 2.82. The monoisotopic (exact) mass is 396 g/mol. The molecule has 6 nitrogen and oxygen atoms in total. The first-order valence-electron chi connectivity index (χ1n) is 8.37. The van der Waals surface area contributed by atoms with Gasteiger partial charge in [0.1, 0.15) is 5.76 Å². The van der Waals surface area contributed by atoms with Crippen LogP contribution in [-0.2, 0) is 11.3 Å². The number of methoxy groups -OCH3 is 1. The van der Waals surface area contributed by atoms with Crippen LogP contribution in [0.15, 0.2) is 39.0 Å². The largest absolute Gasteiger partial charge is 0.467 e. The molecule has 0 amide bonds. The van der Waals surface area contributed by atoms with Crippen LogP contribution in [0.5, 0.6) is 0 Å². The number of aryl methyl sites for hydroxylation is 1. The van der Waals surface area contributed by atoms with Crippen molar-refractivity contribution >= 4 is 35.0 Å². The van der Waals surface area contributed by atoms with Crippen molar-refractivity contribution < 1.29 is 9.15 Å². The molecule has 1 N–H and O–H groups in total. The molecular formula is C18H25ClN4O2S. The summed E-state index contributed by atoms with van der Waals surface area (Å²) in [6, 6.07) is 6.12. The molecule has 1 aliphatic rings. The molecule has 0 aliphatic carbocycles. The highest BCUT2D eigenvalue weighted by atomic mass is 35.5. The van der Waals surface area contributed by atoms with Gasteiger partial charge in [-0.15, -0.1) is 12.4 Å². The van der Waals surface area contributed by atoms with Gasteiger partial charge >= 0.3 is 0 Å². The van der Waals surface area contributed by atoms with Gasteiger partial charge in [0.25, 0.3) is 0 Å². The Balaban J connectivity index is 0.00000243. The molecule has 8 heteroatoms. The van der Waals surface area contributed by atoms with E-state index in [0.717, 1.165) is 48.5 Å². The molecule has 26 heavy (non-hydrogen) atoms. The van der Waals surface area contributed by atoms with E-state index in [0.29, 0.717) is 0 Å². The first-order chi connectivity index (χ1) is 12.2. The van der Waals surface area contributed by atoms with Gasteiger partial charge in [-0.25, -0.2) is 0 Å². The summed E-state index contributed by atoms with van der Waals surface area (Å²) in [5.74, 6) is 1.78. The van der Waals surface area contributed by atoms with Gasteiger partial charge in [0.2, 0.25) is 0 Å². The van der Waals surface area contributed by atoms with Crippen molar-refractivity contribution in [2.45, 2.75) is 26.8 Å². The van der Waals surface area contributed by atoms with E-state index in [1.54, 1.807) is 25.1 Å². The number of aliphatic imine (C=N–C) groups is 1. The topological polar surface area (TPSA) is 64.0 Å². The predicted molar refractivity (Wildman–Crippen MR) is 110 cm³/mol. The smallest absolute Gasteiger partial charge is 0.177 e. The van der Waals surface area contributed by atoms with Crippen LogP contribution in [0.2, 0.25) is 0 Å². The normalized spacial score (nSPS) is 15.5. The molecule has 0 unspecified atom stereocenters. The highest BCUT2D eigenvalue weighted by molar-refractivity contribution is 8.14. The Morgan fingerprint density at radius 2 is 2.27 bits per heavy atom. The summed E-state index contributed by atoms with van der Waals surface area (Å²) in [5.41, 5.74) is 7.72. The summed E-state index contributed by atoms with van der Waals surface area (Å²) < 4.78 is 12.8. The molecule has 0 atom stereocenters. The minimum Gasteiger partial charge on any atom is -0.467 e. The number of halogens is 1. The summed E-state index contributed by atoms with van der Waals surface area (Å²) in [6.07, 6.45) is 2.64. The number of aromatic nitrogens is 1. The summed E-state index contributed by atoms with van der Waals surface area (Å²) in [6.45, 7) is 6.48. The Kier molecular flexibility index (Phi) is 7.81. The fraction of sp³-hybridized carbons (Fsp3) is 0.444. The molecular weight excluding hydrogens is 372 g/mol. The summed E-state index contributed by atoms with van der Waals surface area (Å²) in [7, 11) is 1.71. The lowest BCUT2D eigenvalue weighted by Gasteiger charge is -2.15. The molecule has 0 bridgehead atoms. The maximum absolute atomic E-state index is 5.48. The van der Waals surface area contributed by atoms with Gasteiger partial charge < -0.3 is 13.7 Å². The lowest BCUT2D eigenvalue weighted by molar-refractivity contribution is 0.197. The zero-order valence-electron chi connectivity index (χ0n) is 15.3. The number of nitrogens with zero attached hydrogens (tertiary/aromatic N) is 3. The third-order valence-corrected chi connectivity index (χ3v) is 5.08. The Labute approximate surface area is 164 Å². The third kappa shape index (κ3) is 4.93. The molecule has 0 aromatic carbocycles. The van der Waals surface area contributed by atoms with Crippen molar-refractivity contribution in [2.75, 3.05) is 26.0 Å². The average Bonchev–Trinajstić information content (AvgIpc) is 3.23. The summed E-state index contributed by atoms with van der Waals surface area (Å²) in [4.78, 5) is 4.51. The summed E-state index contributed by atoms with van der Waals surface area (Å²) in [5, 5.41) is 5.42. The molecule has 0 radical (unpaired) electrons. The third-order valence-electron chi connectivity index (χ3n) is 4.17. The maximum atomic E-state index is 5.48. The number of ether oxygens (including phenoxy) is 1. The number of furan rings is 1. The molecule has 3 rings (SSSR count). The van der Waals surface area contributed by atoms with Gasteiger partial charge in [-0.05, 0) is 38.5 Å². The second-order valence-electron chi connectivity index (χ2n) is 5.94. The lowest BCUT2D eigenvalue weighted by atomic mass is 10.1. The molecule has 0 fully saturated rings. The van der Waals surface area contributed by atoms with Crippen LogP contribution in [-0.4, -0.2) is 41.5 Å². The van der Waals surface area contributed by atoms with E-state index < -0.39 is 0 Å². The van der Waals surface area contributed by atoms with Crippen molar-refractivity contribution in [3.8, 4) is 0 Å². The van der Waals surface area contributed by atoms with Crippen molar-refractivity contribution in [3.63, 3.8) is 0 Å². The van der Waals surface area contributed by atoms with Crippen LogP contribution in [0.3, 0.4) is 0 Å². The zero-order valence-corrected chi connectivity index (χ0v) is 17.0. The minimum absolute atomic E-state index is 0. The Morgan fingerprint density at radius 1 is 1.42 bits per heavy atom. The number of thioether (sulfide) groups is 1. The number of hydrogen-bond acceptors (Lipinski definition) is 5. The zero-order chi connectivity index (χ0) is 17.6. The molecule has 0 spiro atoms. The van der Waals surface area contributed by atoms with Crippen LogP contribution in [0.25, 0.3) is 0 Å². The second kappa shape index (κ2) is 9.85. The van der Waals surface area contributed by atoms with Gasteiger partial charge in [-0.1, -0.05) is 11.8 Å². The van der Waals surface area contributed by atoms with Crippen molar-refractivity contribution in [1.29, 1.82) is 0 Å². The number of amidine groups is 1. The van der Waals surface area contributed by atoms with Crippen LogP contribution in [0.4, 0.5) is 0 Å². The van der Waals surface area contributed by atoms with Gasteiger partial charge in [0.15, 0.2) is 5.17 Å². The molecule has 3 heterocycles. The van der Waals surface area contributed by atoms with Crippen molar-refractivity contribution in [2.24, 2.45) is 10.1 Å². The fourth-order valence-corrected chi connectivity index (χ4v) is 3.61. The minimum atomic E-state index is 0. The molecule has 0 saturated heterocycles. The van der Waals surface area contributed by atoms with E-state index in [2.05, 4.69) is 40.0 Å². The van der Waals surface area contributed by atoms with Gasteiger partial charge in [-0.3, -0.25) is 10.4 Å². The number of rotatable bonds is 7. The second-order valence-corrected chi connectivity index (χ2v) is 6.91. The predicted octanol–water partition coefficient (Wildman–Crippen LogP) is 3.60. The van der Waals surface area contributed by atoms with Crippen molar-refractivity contribution in [3.05, 3.63) is 47.2 Å². The molecule has 1 aliphatic heterocycles. The van der Waals surface area contributed by atoms with E-state index in [1.807, 2.05) is 12.1 Å². The first-order valence-corrected chi connectivity index (χ1v) is 9.36. The molecule has 2 aromatic rings. The van der Waals surface area contributed by atoms with Crippen LogP contribution in [0.1, 0.15) is 29.1 Å². The van der Waals surface area contributed by atoms with Crippen LogP contribution < -0.4 is 5.43 Å². The molecule has 142 valence electrons. The van der Waals surface area contributed by atoms with Gasteiger partial charge in [0.05, 0.1) is 18.5 Å². The number of nitrogens with one attached hydrogen (secondary N) is 1. The average molecular weight is 397 g/mol. The van der Waals surface area contributed by atoms with E-state index in [9.17, 15) is 0 Å². The lowest BCUT2D eigenvalue weighted by Crippen LogP contribution is -2.26. The molecule has 0 saturated carbocycles. The SMILES string of the molecule is COCCCN=C1NN=C(c2cc(C)n(Cc3ccco3)c2C)CS1.Cl. The Hall–Kier alpha value is -1.70. The van der Waals surface area contributed by atoms with Gasteiger partial charge in [-0.2, -0.15) is 5.10 Å². The van der Waals surface area contributed by atoms with Crippen molar-refractivity contribution in [1.82, 2.24) is 9.99 Å². The van der Waals surface area contributed by atoms with E-state index in [1.165, 1.54) is 17.0 Å². The highest BCUT2D eigenvalue weighted by Crippen LogP contribution is 2.21. The Bertz CT molecular complexity index is 769. The van der Waals surface area contributed by atoms with E-state index in [-0.39, 0.29) is 12.4 Å². The van der Waals surface area contributed by atoms with Gasteiger partial charge in [0, 0.05) is 43.0 Å². The maximum Gasteiger partial charge on any atom is 0.177 e. The number of hydrazone groups is 1. The molecule has 2 aromatic heterocycles. The standard InChI is InChI=1S/C18H24N4O2S.ClH/c1-13-10-16(14(2)22(13)11-15-6-4-9-24-15)17-12-25-18(21-20-17)19-7-5-8-23-3;/h4,6,9-10H,5,7-8,11-12H2,1-3H3,(H,19,21);1H.